The fourth-order valence-electron chi connectivity index (χ4n) is 3.32. The van der Waals surface area contributed by atoms with Crippen molar-refractivity contribution in [3.05, 3.63) is 51.0 Å². The normalized spacial score (nSPS) is 14.9. The molecule has 0 spiro atoms. The van der Waals surface area contributed by atoms with E-state index in [1.807, 2.05) is 6.92 Å². The number of aryl methyl sites for hydroxylation is 1. The number of rotatable bonds is 9. The number of hydrogen-bond donors (Lipinski definition) is 3. The van der Waals surface area contributed by atoms with Gasteiger partial charge in [0.25, 0.3) is 5.91 Å². The first kappa shape index (κ1) is 27.4. The summed E-state index contributed by atoms with van der Waals surface area (Å²) in [4.78, 5) is 36.2. The molecule has 1 aliphatic heterocycles. The molecule has 2 aromatic carbocycles. The maximum Gasteiger partial charge on any atom is 0.329 e. The molecule has 3 N–H and O–H groups in total. The van der Waals surface area contributed by atoms with Crippen molar-refractivity contribution in [2.45, 2.75) is 25.9 Å². The Morgan fingerprint density at radius 3 is 2.78 bits per heavy atom. The van der Waals surface area contributed by atoms with Crippen LogP contribution in [-0.4, -0.2) is 56.9 Å². The number of anilines is 1. The minimum atomic E-state index is -0.892. The Kier molecular flexibility index (Phi) is 10.1. The molecule has 1 aliphatic rings. The van der Waals surface area contributed by atoms with Crippen molar-refractivity contribution in [1.29, 1.82) is 0 Å². The number of hydrazone groups is 1. The molecule has 0 bridgehead atoms. The summed E-state index contributed by atoms with van der Waals surface area (Å²) in [5.74, 6) is -1.42. The van der Waals surface area contributed by atoms with E-state index in [2.05, 4.69) is 37.1 Å². The fraction of sp³-hybridized carbons (Fsp3) is 0.333. The lowest BCUT2D eigenvalue weighted by molar-refractivity contribution is -0.139. The number of ether oxygens (including phenoxy) is 3. The monoisotopic (exact) mass is 580 g/mol. The van der Waals surface area contributed by atoms with E-state index in [9.17, 15) is 14.4 Å². The van der Waals surface area contributed by atoms with Crippen LogP contribution >= 0.6 is 27.5 Å². The Morgan fingerprint density at radius 2 is 2.06 bits per heavy atom. The quantitative estimate of drug-likeness (QED) is 0.237. The van der Waals surface area contributed by atoms with E-state index in [0.717, 1.165) is 18.4 Å². The zero-order valence-corrected chi connectivity index (χ0v) is 22.1. The Bertz CT molecular complexity index is 1150. The number of hydrogen-bond acceptors (Lipinski definition) is 7. The average molecular weight is 582 g/mol. The number of nitrogens with one attached hydrogen (secondary N) is 3. The molecule has 3 rings (SSSR count). The Hall–Kier alpha value is -3.15. The van der Waals surface area contributed by atoms with E-state index in [0.29, 0.717) is 38.9 Å². The zero-order chi connectivity index (χ0) is 26.1. The molecule has 1 heterocycles. The standard InChI is InChI=1S/C24H26BrClN4O6/c1-14-5-6-16(26)10-19(14)29-21(31)13-36-22-18(25)8-15(9-20(22)34-2)11-28-30-24(33)23(32)27-12-17-4-3-7-35-17/h5-6,8-11,17H,3-4,7,12-13H2,1-2H3,(H,27,32)(H,29,31)(H,30,33)/b28-11-/t17-/m1/s1. The molecular formula is C24H26BrClN4O6. The lowest BCUT2D eigenvalue weighted by Gasteiger charge is -2.14. The van der Waals surface area contributed by atoms with Gasteiger partial charge < -0.3 is 24.8 Å². The van der Waals surface area contributed by atoms with Gasteiger partial charge >= 0.3 is 11.8 Å². The lowest BCUT2D eigenvalue weighted by atomic mass is 10.2. The maximum atomic E-state index is 12.4. The average Bonchev–Trinajstić information content (AvgIpc) is 3.37. The summed E-state index contributed by atoms with van der Waals surface area (Å²) in [5, 5.41) is 9.60. The van der Waals surface area contributed by atoms with Crippen LogP contribution in [0.2, 0.25) is 5.02 Å². The second kappa shape index (κ2) is 13.2. The number of benzene rings is 2. The van der Waals surface area contributed by atoms with Gasteiger partial charge in [0, 0.05) is 23.9 Å². The summed E-state index contributed by atoms with van der Waals surface area (Å²) in [6.07, 6.45) is 3.07. The smallest absolute Gasteiger partial charge is 0.329 e. The predicted molar refractivity (Wildman–Crippen MR) is 139 cm³/mol. The molecule has 3 amide bonds. The first-order valence-corrected chi connectivity index (χ1v) is 12.2. The van der Waals surface area contributed by atoms with Crippen LogP contribution in [0.5, 0.6) is 11.5 Å². The highest BCUT2D eigenvalue weighted by Crippen LogP contribution is 2.36. The van der Waals surface area contributed by atoms with Gasteiger partial charge in [-0.1, -0.05) is 17.7 Å². The van der Waals surface area contributed by atoms with Crippen molar-refractivity contribution >= 4 is 57.2 Å². The van der Waals surface area contributed by atoms with Crippen molar-refractivity contribution in [1.82, 2.24) is 10.7 Å². The zero-order valence-electron chi connectivity index (χ0n) is 19.7. The number of amides is 3. The number of carbonyl (C=O) groups excluding carboxylic acids is 3. The van der Waals surface area contributed by atoms with E-state index in [1.54, 1.807) is 30.3 Å². The molecule has 1 atom stereocenters. The van der Waals surface area contributed by atoms with Crippen molar-refractivity contribution in [2.75, 3.05) is 32.2 Å². The first-order valence-electron chi connectivity index (χ1n) is 11.1. The fourth-order valence-corrected chi connectivity index (χ4v) is 4.06. The Labute approximate surface area is 221 Å². The van der Waals surface area contributed by atoms with Gasteiger partial charge in [0.2, 0.25) is 0 Å². The van der Waals surface area contributed by atoms with Crippen LogP contribution in [0, 0.1) is 6.92 Å². The molecule has 0 aromatic heterocycles. The summed E-state index contributed by atoms with van der Waals surface area (Å²) < 4.78 is 16.9. The third kappa shape index (κ3) is 7.94. The van der Waals surface area contributed by atoms with Crippen LogP contribution in [0.25, 0.3) is 0 Å². The van der Waals surface area contributed by atoms with E-state index >= 15 is 0 Å². The maximum absolute atomic E-state index is 12.4. The number of methoxy groups -OCH3 is 1. The predicted octanol–water partition coefficient (Wildman–Crippen LogP) is 3.18. The van der Waals surface area contributed by atoms with Gasteiger partial charge in [0.05, 0.1) is 23.9 Å². The van der Waals surface area contributed by atoms with E-state index in [-0.39, 0.29) is 25.2 Å². The molecule has 10 nitrogen and oxygen atoms in total. The van der Waals surface area contributed by atoms with E-state index < -0.39 is 11.8 Å². The highest BCUT2D eigenvalue weighted by Gasteiger charge is 2.19. The highest BCUT2D eigenvalue weighted by atomic mass is 79.9. The van der Waals surface area contributed by atoms with E-state index in [1.165, 1.54) is 13.3 Å². The second-order valence-corrected chi connectivity index (χ2v) is 9.17. The molecule has 192 valence electrons. The van der Waals surface area contributed by atoms with Crippen LogP contribution < -0.4 is 25.5 Å². The van der Waals surface area contributed by atoms with Crippen LogP contribution in [0.4, 0.5) is 5.69 Å². The second-order valence-electron chi connectivity index (χ2n) is 7.87. The van der Waals surface area contributed by atoms with Crippen molar-refractivity contribution in [3.63, 3.8) is 0 Å². The number of nitrogens with zero attached hydrogens (tertiary/aromatic N) is 1. The molecule has 0 unspecified atom stereocenters. The molecule has 2 aromatic rings. The van der Waals surface area contributed by atoms with E-state index in [4.69, 9.17) is 25.8 Å². The van der Waals surface area contributed by atoms with Gasteiger partial charge in [-0.05, 0) is 71.1 Å². The van der Waals surface area contributed by atoms with Crippen molar-refractivity contribution in [3.8, 4) is 11.5 Å². The van der Waals surface area contributed by atoms with Crippen LogP contribution in [0.1, 0.15) is 24.0 Å². The summed E-state index contributed by atoms with van der Waals surface area (Å²) in [7, 11) is 1.45. The molecule has 0 saturated carbocycles. The van der Waals surface area contributed by atoms with Crippen LogP contribution in [0.15, 0.2) is 39.9 Å². The van der Waals surface area contributed by atoms with Gasteiger partial charge in [0.15, 0.2) is 18.1 Å². The van der Waals surface area contributed by atoms with Gasteiger partial charge in [-0.25, -0.2) is 5.43 Å². The summed E-state index contributed by atoms with van der Waals surface area (Å²) >= 11 is 9.39. The molecular weight excluding hydrogens is 556 g/mol. The summed E-state index contributed by atoms with van der Waals surface area (Å²) in [6.45, 7) is 2.52. The minimum absolute atomic E-state index is 0.0668. The van der Waals surface area contributed by atoms with Crippen LogP contribution in [-0.2, 0) is 19.1 Å². The van der Waals surface area contributed by atoms with Gasteiger partial charge in [-0.2, -0.15) is 5.10 Å². The van der Waals surface area contributed by atoms with Gasteiger partial charge in [0.1, 0.15) is 0 Å². The first-order chi connectivity index (χ1) is 17.3. The molecule has 1 saturated heterocycles. The highest BCUT2D eigenvalue weighted by molar-refractivity contribution is 9.10. The number of halogens is 2. The van der Waals surface area contributed by atoms with Crippen molar-refractivity contribution < 1.29 is 28.6 Å². The minimum Gasteiger partial charge on any atom is -0.493 e. The third-order valence-corrected chi connectivity index (χ3v) is 6.00. The molecule has 12 heteroatoms. The lowest BCUT2D eigenvalue weighted by Crippen LogP contribution is -2.41. The number of carbonyl (C=O) groups is 3. The Balaban J connectivity index is 1.54. The SMILES string of the molecule is COc1cc(/C=N\NC(=O)C(=O)NC[C@H]2CCCO2)cc(Br)c1OCC(=O)Nc1cc(Cl)ccc1C. The molecule has 1 fully saturated rings. The molecule has 0 radical (unpaired) electrons. The molecule has 36 heavy (non-hydrogen) atoms. The van der Waals surface area contributed by atoms with Gasteiger partial charge in [-0.3, -0.25) is 14.4 Å². The van der Waals surface area contributed by atoms with Crippen LogP contribution in [0.3, 0.4) is 0 Å². The van der Waals surface area contributed by atoms with Gasteiger partial charge in [-0.15, -0.1) is 0 Å². The molecule has 0 aliphatic carbocycles. The summed E-state index contributed by atoms with van der Waals surface area (Å²) in [6, 6.07) is 8.46. The summed E-state index contributed by atoms with van der Waals surface area (Å²) in [5.41, 5.74) is 4.18. The third-order valence-electron chi connectivity index (χ3n) is 5.17. The Morgan fingerprint density at radius 1 is 1.25 bits per heavy atom. The largest absolute Gasteiger partial charge is 0.493 e. The topological polar surface area (TPSA) is 127 Å². The van der Waals surface area contributed by atoms with Crippen molar-refractivity contribution in [2.24, 2.45) is 5.10 Å².